The number of nitrogens with one attached hydrogen (secondary N) is 2. The summed E-state index contributed by atoms with van der Waals surface area (Å²) in [7, 11) is 3.27. The molecular formula is C22H21N3O3. The molecule has 142 valence electrons. The molecule has 0 spiro atoms. The molecule has 0 radical (unpaired) electrons. The third-order valence-electron chi connectivity index (χ3n) is 4.68. The van der Waals surface area contributed by atoms with Gasteiger partial charge < -0.3 is 20.1 Å². The number of nitrogens with zero attached hydrogens (tertiary/aromatic N) is 1. The van der Waals surface area contributed by atoms with Gasteiger partial charge in [0.1, 0.15) is 11.5 Å². The zero-order valence-corrected chi connectivity index (χ0v) is 15.8. The number of benzene rings is 2. The van der Waals surface area contributed by atoms with Crippen LogP contribution in [0.15, 0.2) is 54.6 Å². The number of hydrogen-bond donors (Lipinski definition) is 2. The molecule has 28 heavy (non-hydrogen) atoms. The Morgan fingerprint density at radius 3 is 2.54 bits per heavy atom. The molecule has 0 bridgehead atoms. The minimum absolute atomic E-state index is 0.115. The van der Waals surface area contributed by atoms with Gasteiger partial charge in [0, 0.05) is 30.3 Å². The van der Waals surface area contributed by atoms with E-state index in [1.165, 1.54) is 0 Å². The Labute approximate surface area is 163 Å². The van der Waals surface area contributed by atoms with E-state index in [4.69, 9.17) is 14.5 Å². The molecule has 4 rings (SSSR count). The standard InChI is InChI=1S/C22H21N3O3/c1-27-16-7-3-5-14(11-16)19-13-20(21-18(25-19)9-10-23-22(21)26)24-15-6-4-8-17(12-15)28-2/h3-8,11-13H,9-10H2,1-2H3,(H,23,26)(H,24,25). The molecule has 6 heteroatoms. The van der Waals surface area contributed by atoms with Crippen LogP contribution in [-0.2, 0) is 6.42 Å². The number of rotatable bonds is 5. The number of aromatic nitrogens is 1. The van der Waals surface area contributed by atoms with Gasteiger partial charge in [0.2, 0.25) is 0 Å². The first kappa shape index (κ1) is 17.9. The summed E-state index contributed by atoms with van der Waals surface area (Å²) in [4.78, 5) is 17.3. The molecule has 2 aromatic carbocycles. The summed E-state index contributed by atoms with van der Waals surface area (Å²) >= 11 is 0. The summed E-state index contributed by atoms with van der Waals surface area (Å²) in [5, 5.41) is 6.26. The first-order chi connectivity index (χ1) is 13.7. The van der Waals surface area contributed by atoms with Crippen molar-refractivity contribution in [1.29, 1.82) is 0 Å². The predicted octanol–water partition coefficient (Wildman–Crippen LogP) is 3.80. The van der Waals surface area contributed by atoms with Crippen LogP contribution in [-0.4, -0.2) is 31.7 Å². The molecule has 1 aromatic heterocycles. The first-order valence-electron chi connectivity index (χ1n) is 9.05. The molecule has 2 heterocycles. The molecule has 0 saturated carbocycles. The van der Waals surface area contributed by atoms with Crippen molar-refractivity contribution in [3.63, 3.8) is 0 Å². The number of amides is 1. The molecule has 1 aliphatic rings. The molecule has 0 saturated heterocycles. The van der Waals surface area contributed by atoms with E-state index in [0.29, 0.717) is 24.2 Å². The van der Waals surface area contributed by atoms with Crippen molar-refractivity contribution in [3.8, 4) is 22.8 Å². The van der Waals surface area contributed by atoms with Crippen LogP contribution in [0.5, 0.6) is 11.5 Å². The lowest BCUT2D eigenvalue weighted by molar-refractivity contribution is 0.0946. The van der Waals surface area contributed by atoms with E-state index in [2.05, 4.69) is 10.6 Å². The molecule has 0 unspecified atom stereocenters. The number of carbonyl (C=O) groups excluding carboxylic acids is 1. The summed E-state index contributed by atoms with van der Waals surface area (Å²) in [6.07, 6.45) is 0.686. The topological polar surface area (TPSA) is 72.5 Å². The maximum absolute atomic E-state index is 12.5. The Kier molecular flexibility index (Phi) is 4.85. The van der Waals surface area contributed by atoms with Gasteiger partial charge in [-0.15, -0.1) is 0 Å². The molecule has 0 fully saturated rings. The van der Waals surface area contributed by atoms with Crippen LogP contribution in [0, 0.1) is 0 Å². The summed E-state index contributed by atoms with van der Waals surface area (Å²) in [5.74, 6) is 1.39. The molecule has 3 aromatic rings. The van der Waals surface area contributed by atoms with Gasteiger partial charge in [-0.1, -0.05) is 18.2 Å². The molecular weight excluding hydrogens is 354 g/mol. The summed E-state index contributed by atoms with van der Waals surface area (Å²) < 4.78 is 10.6. The Balaban J connectivity index is 1.82. The van der Waals surface area contributed by atoms with Crippen molar-refractivity contribution in [3.05, 3.63) is 65.9 Å². The quantitative estimate of drug-likeness (QED) is 0.710. The van der Waals surface area contributed by atoms with Crippen LogP contribution in [0.25, 0.3) is 11.3 Å². The number of ether oxygens (including phenoxy) is 2. The number of carbonyl (C=O) groups is 1. The second kappa shape index (κ2) is 7.60. The van der Waals surface area contributed by atoms with Crippen LogP contribution < -0.4 is 20.1 Å². The largest absolute Gasteiger partial charge is 0.497 e. The summed E-state index contributed by atoms with van der Waals surface area (Å²) in [6, 6.07) is 17.2. The number of pyridine rings is 1. The molecule has 0 aliphatic carbocycles. The van der Waals surface area contributed by atoms with Gasteiger partial charge in [-0.2, -0.15) is 0 Å². The van der Waals surface area contributed by atoms with E-state index in [1.54, 1.807) is 14.2 Å². The van der Waals surface area contributed by atoms with Gasteiger partial charge in [-0.25, -0.2) is 0 Å². The van der Waals surface area contributed by atoms with Crippen molar-refractivity contribution in [2.24, 2.45) is 0 Å². The maximum Gasteiger partial charge on any atom is 0.255 e. The van der Waals surface area contributed by atoms with E-state index >= 15 is 0 Å². The highest BCUT2D eigenvalue weighted by atomic mass is 16.5. The second-order valence-corrected chi connectivity index (χ2v) is 6.47. The minimum atomic E-state index is -0.115. The third kappa shape index (κ3) is 3.49. The van der Waals surface area contributed by atoms with Crippen molar-refractivity contribution < 1.29 is 14.3 Å². The third-order valence-corrected chi connectivity index (χ3v) is 4.68. The zero-order chi connectivity index (χ0) is 19.5. The zero-order valence-electron chi connectivity index (χ0n) is 15.8. The van der Waals surface area contributed by atoms with Crippen molar-refractivity contribution >= 4 is 17.3 Å². The lowest BCUT2D eigenvalue weighted by Gasteiger charge is -2.21. The number of methoxy groups -OCH3 is 2. The monoisotopic (exact) mass is 375 g/mol. The fraction of sp³-hybridized carbons (Fsp3) is 0.182. The van der Waals surface area contributed by atoms with Crippen molar-refractivity contribution in [2.45, 2.75) is 6.42 Å². The number of anilines is 2. The van der Waals surface area contributed by atoms with Gasteiger partial charge in [0.15, 0.2) is 0 Å². The Morgan fingerprint density at radius 2 is 1.75 bits per heavy atom. The molecule has 1 amide bonds. The Bertz CT molecular complexity index is 1030. The lowest BCUT2D eigenvalue weighted by Crippen LogP contribution is -2.33. The predicted molar refractivity (Wildman–Crippen MR) is 109 cm³/mol. The number of fused-ring (bicyclic) bond motifs is 1. The van der Waals surface area contributed by atoms with Gasteiger partial charge in [0.05, 0.1) is 36.9 Å². The van der Waals surface area contributed by atoms with E-state index in [1.807, 2.05) is 54.6 Å². The molecule has 6 nitrogen and oxygen atoms in total. The van der Waals surface area contributed by atoms with Crippen LogP contribution in [0.1, 0.15) is 16.1 Å². The van der Waals surface area contributed by atoms with Gasteiger partial charge in [-0.3, -0.25) is 9.78 Å². The normalized spacial score (nSPS) is 12.7. The highest BCUT2D eigenvalue weighted by Crippen LogP contribution is 2.32. The average Bonchev–Trinajstić information content (AvgIpc) is 2.73. The van der Waals surface area contributed by atoms with Crippen LogP contribution in [0.3, 0.4) is 0 Å². The molecule has 2 N–H and O–H groups in total. The first-order valence-corrected chi connectivity index (χ1v) is 9.05. The highest BCUT2D eigenvalue weighted by molar-refractivity contribution is 6.02. The van der Waals surface area contributed by atoms with E-state index in [9.17, 15) is 4.79 Å². The van der Waals surface area contributed by atoms with Crippen molar-refractivity contribution in [2.75, 3.05) is 26.1 Å². The Hall–Kier alpha value is -3.54. The van der Waals surface area contributed by atoms with E-state index < -0.39 is 0 Å². The summed E-state index contributed by atoms with van der Waals surface area (Å²) in [6.45, 7) is 0.582. The fourth-order valence-corrected chi connectivity index (χ4v) is 3.30. The SMILES string of the molecule is COc1cccc(Nc2cc(-c3cccc(OC)c3)nc3c2C(=O)NCC3)c1. The maximum atomic E-state index is 12.5. The second-order valence-electron chi connectivity index (χ2n) is 6.47. The average molecular weight is 375 g/mol. The van der Waals surface area contributed by atoms with Gasteiger partial charge in [-0.05, 0) is 30.3 Å². The van der Waals surface area contributed by atoms with Crippen LogP contribution in [0.4, 0.5) is 11.4 Å². The van der Waals surface area contributed by atoms with Crippen molar-refractivity contribution in [1.82, 2.24) is 10.3 Å². The van der Waals surface area contributed by atoms with Crippen LogP contribution in [0.2, 0.25) is 0 Å². The minimum Gasteiger partial charge on any atom is -0.497 e. The Morgan fingerprint density at radius 1 is 1.00 bits per heavy atom. The van der Waals surface area contributed by atoms with Gasteiger partial charge >= 0.3 is 0 Å². The van der Waals surface area contributed by atoms with E-state index in [-0.39, 0.29) is 5.91 Å². The number of hydrogen-bond acceptors (Lipinski definition) is 5. The molecule has 1 aliphatic heterocycles. The van der Waals surface area contributed by atoms with E-state index in [0.717, 1.165) is 34.1 Å². The summed E-state index contributed by atoms with van der Waals surface area (Å²) in [5.41, 5.74) is 4.64. The molecule has 0 atom stereocenters. The lowest BCUT2D eigenvalue weighted by atomic mass is 10.0. The smallest absolute Gasteiger partial charge is 0.255 e. The highest BCUT2D eigenvalue weighted by Gasteiger charge is 2.23. The fourth-order valence-electron chi connectivity index (χ4n) is 3.30. The van der Waals surface area contributed by atoms with Gasteiger partial charge in [0.25, 0.3) is 5.91 Å². The van der Waals surface area contributed by atoms with Crippen LogP contribution >= 0.6 is 0 Å².